The van der Waals surface area contributed by atoms with Crippen molar-refractivity contribution in [3.63, 3.8) is 0 Å². The largest absolute Gasteiger partial charge is 0.454 e. The van der Waals surface area contributed by atoms with E-state index in [9.17, 15) is 9.59 Å². The summed E-state index contributed by atoms with van der Waals surface area (Å²) in [5.74, 6) is 1.17. The zero-order valence-corrected chi connectivity index (χ0v) is 17.5. The minimum atomic E-state index is -0.352. The van der Waals surface area contributed by atoms with Crippen molar-refractivity contribution >= 4 is 11.9 Å². The van der Waals surface area contributed by atoms with Gasteiger partial charge in [0.05, 0.1) is 11.1 Å². The lowest BCUT2D eigenvalue weighted by Gasteiger charge is -2.37. The van der Waals surface area contributed by atoms with Gasteiger partial charge in [-0.25, -0.2) is 9.59 Å². The van der Waals surface area contributed by atoms with Gasteiger partial charge in [0, 0.05) is 11.8 Å². The monoisotopic (exact) mass is 404 g/mol. The average Bonchev–Trinajstić information content (AvgIpc) is 3.42. The molecule has 156 valence electrons. The van der Waals surface area contributed by atoms with Crippen molar-refractivity contribution in [2.75, 3.05) is 0 Å². The Morgan fingerprint density at radius 3 is 1.57 bits per heavy atom. The molecule has 0 amide bonds. The van der Waals surface area contributed by atoms with Gasteiger partial charge in [0.25, 0.3) is 0 Å². The van der Waals surface area contributed by atoms with Gasteiger partial charge in [-0.1, -0.05) is 42.8 Å². The molecule has 2 aromatic rings. The highest BCUT2D eigenvalue weighted by Gasteiger charge is 2.62. The summed E-state index contributed by atoms with van der Waals surface area (Å²) in [7, 11) is 0. The fraction of sp³-hybridized carbons (Fsp3) is 0.462. The molecule has 4 nitrogen and oxygen atoms in total. The van der Waals surface area contributed by atoms with Crippen LogP contribution in [0, 0.1) is 37.5 Å². The van der Waals surface area contributed by atoms with E-state index >= 15 is 0 Å². The zero-order chi connectivity index (χ0) is 20.8. The molecule has 3 aliphatic carbocycles. The zero-order valence-electron chi connectivity index (χ0n) is 17.5. The molecule has 2 aromatic carbocycles. The number of esters is 2. The van der Waals surface area contributed by atoms with Crippen molar-refractivity contribution in [2.24, 2.45) is 23.7 Å². The summed E-state index contributed by atoms with van der Waals surface area (Å²) in [4.78, 5) is 26.0. The maximum absolute atomic E-state index is 13.0. The Kier molecular flexibility index (Phi) is 4.88. The van der Waals surface area contributed by atoms with Crippen molar-refractivity contribution < 1.29 is 19.1 Å². The fourth-order valence-corrected chi connectivity index (χ4v) is 6.27. The average molecular weight is 405 g/mol. The third-order valence-electron chi connectivity index (χ3n) is 7.65. The molecule has 0 spiro atoms. The fourth-order valence-electron chi connectivity index (χ4n) is 6.27. The van der Waals surface area contributed by atoms with Gasteiger partial charge in [-0.05, 0) is 68.2 Å². The summed E-state index contributed by atoms with van der Waals surface area (Å²) in [5, 5.41) is 0. The lowest BCUT2D eigenvalue weighted by molar-refractivity contribution is -0.0767. The quantitative estimate of drug-likeness (QED) is 0.664. The van der Waals surface area contributed by atoms with Crippen molar-refractivity contribution in [1.29, 1.82) is 0 Å². The number of carbonyl (C=O) groups excluding carboxylic acids is 2. The van der Waals surface area contributed by atoms with Crippen LogP contribution in [0.2, 0.25) is 0 Å². The molecule has 0 saturated heterocycles. The molecule has 4 heteroatoms. The SMILES string of the molecule is Cc1ccccc1C(=O)OC1C2CC(C3CCCC32)C1OC(=O)c1ccccc1C. The van der Waals surface area contributed by atoms with E-state index in [0.717, 1.165) is 17.5 Å². The van der Waals surface area contributed by atoms with Crippen molar-refractivity contribution in [2.45, 2.75) is 51.7 Å². The van der Waals surface area contributed by atoms with Crippen LogP contribution in [0.5, 0.6) is 0 Å². The predicted molar refractivity (Wildman–Crippen MR) is 113 cm³/mol. The minimum Gasteiger partial charge on any atom is -0.454 e. The molecule has 0 aliphatic heterocycles. The molecule has 30 heavy (non-hydrogen) atoms. The first kappa shape index (κ1) is 19.3. The molecule has 3 aliphatic rings. The number of rotatable bonds is 4. The predicted octanol–water partition coefficient (Wildman–Crippen LogP) is 5.12. The van der Waals surface area contributed by atoms with Crippen LogP contribution in [0.4, 0.5) is 0 Å². The van der Waals surface area contributed by atoms with E-state index < -0.39 is 0 Å². The van der Waals surface area contributed by atoms with Gasteiger partial charge < -0.3 is 9.47 Å². The van der Waals surface area contributed by atoms with Gasteiger partial charge in [0.1, 0.15) is 12.2 Å². The van der Waals surface area contributed by atoms with Crippen molar-refractivity contribution in [3.8, 4) is 0 Å². The van der Waals surface area contributed by atoms with Gasteiger partial charge in [-0.3, -0.25) is 0 Å². The molecule has 3 saturated carbocycles. The number of fused-ring (bicyclic) bond motifs is 5. The van der Waals surface area contributed by atoms with Crippen LogP contribution in [-0.4, -0.2) is 24.1 Å². The van der Waals surface area contributed by atoms with Crippen LogP contribution in [0.3, 0.4) is 0 Å². The Balaban J connectivity index is 1.41. The van der Waals surface area contributed by atoms with Gasteiger partial charge >= 0.3 is 11.9 Å². The first-order valence-electron chi connectivity index (χ1n) is 11.1. The molecule has 3 fully saturated rings. The molecule has 5 rings (SSSR count). The maximum atomic E-state index is 13.0. The summed E-state index contributed by atoms with van der Waals surface area (Å²) >= 11 is 0. The number of aryl methyl sites for hydroxylation is 2. The summed E-state index contributed by atoms with van der Waals surface area (Å²) in [6, 6.07) is 15.0. The second-order valence-electron chi connectivity index (χ2n) is 9.19. The molecule has 6 atom stereocenters. The molecule has 0 radical (unpaired) electrons. The van der Waals surface area contributed by atoms with E-state index in [2.05, 4.69) is 0 Å². The molecule has 0 N–H and O–H groups in total. The van der Waals surface area contributed by atoms with Gasteiger partial charge in [-0.2, -0.15) is 0 Å². The smallest absolute Gasteiger partial charge is 0.338 e. The highest BCUT2D eigenvalue weighted by Crippen LogP contribution is 2.60. The van der Waals surface area contributed by atoms with Crippen LogP contribution in [0.1, 0.15) is 57.5 Å². The molecular formula is C26H28O4. The lowest BCUT2D eigenvalue weighted by atomic mass is 9.78. The number of benzene rings is 2. The van der Waals surface area contributed by atoms with Crippen LogP contribution < -0.4 is 0 Å². The summed E-state index contributed by atoms with van der Waals surface area (Å²) in [5.41, 5.74) is 2.98. The van der Waals surface area contributed by atoms with E-state index in [1.165, 1.54) is 19.3 Å². The molecule has 0 heterocycles. The lowest BCUT2D eigenvalue weighted by Crippen LogP contribution is -2.45. The Hall–Kier alpha value is -2.62. The summed E-state index contributed by atoms with van der Waals surface area (Å²) in [6.45, 7) is 3.83. The number of hydrogen-bond acceptors (Lipinski definition) is 4. The van der Waals surface area contributed by atoms with Crippen LogP contribution >= 0.6 is 0 Å². The van der Waals surface area contributed by atoms with E-state index in [1.807, 2.05) is 50.2 Å². The highest BCUT2D eigenvalue weighted by molar-refractivity contribution is 5.92. The molecule has 2 bridgehead atoms. The first-order valence-corrected chi connectivity index (χ1v) is 11.1. The van der Waals surface area contributed by atoms with Gasteiger partial charge in [-0.15, -0.1) is 0 Å². The normalized spacial score (nSPS) is 31.4. The summed E-state index contributed by atoms with van der Waals surface area (Å²) in [6.07, 6.45) is 3.90. The Bertz CT molecular complexity index is 903. The van der Waals surface area contributed by atoms with Crippen LogP contribution in [-0.2, 0) is 9.47 Å². The Morgan fingerprint density at radius 2 is 1.13 bits per heavy atom. The van der Waals surface area contributed by atoms with E-state index in [4.69, 9.17) is 9.47 Å². The molecule has 0 aromatic heterocycles. The first-order chi connectivity index (χ1) is 14.5. The second kappa shape index (κ2) is 7.57. The highest BCUT2D eigenvalue weighted by atomic mass is 16.6. The van der Waals surface area contributed by atoms with Crippen molar-refractivity contribution in [1.82, 2.24) is 0 Å². The second-order valence-corrected chi connectivity index (χ2v) is 9.19. The van der Waals surface area contributed by atoms with Gasteiger partial charge in [0.2, 0.25) is 0 Å². The minimum absolute atomic E-state index is 0.296. The van der Waals surface area contributed by atoms with Crippen LogP contribution in [0.25, 0.3) is 0 Å². The van der Waals surface area contributed by atoms with Gasteiger partial charge in [0.15, 0.2) is 0 Å². The standard InChI is InChI=1S/C26H28O4/c1-15-8-3-5-10-17(15)25(27)29-23-21-14-22(20-13-7-12-19(20)21)24(23)30-26(28)18-11-6-4-9-16(18)2/h3-6,8-11,19-24H,7,12-14H2,1-2H3. The van der Waals surface area contributed by atoms with E-state index in [0.29, 0.717) is 34.8 Å². The third-order valence-corrected chi connectivity index (χ3v) is 7.65. The Labute approximate surface area is 177 Å². The van der Waals surface area contributed by atoms with E-state index in [-0.39, 0.29) is 24.1 Å². The third kappa shape index (κ3) is 3.13. The number of ether oxygens (including phenoxy) is 2. The number of hydrogen-bond donors (Lipinski definition) is 0. The molecule has 6 unspecified atom stereocenters. The summed E-state index contributed by atoms with van der Waals surface area (Å²) < 4.78 is 12.2. The van der Waals surface area contributed by atoms with Crippen molar-refractivity contribution in [3.05, 3.63) is 70.8 Å². The number of carbonyl (C=O) groups is 2. The topological polar surface area (TPSA) is 52.6 Å². The van der Waals surface area contributed by atoms with Crippen LogP contribution in [0.15, 0.2) is 48.5 Å². The van der Waals surface area contributed by atoms with E-state index in [1.54, 1.807) is 12.1 Å². The molecular weight excluding hydrogens is 376 g/mol. The Morgan fingerprint density at radius 1 is 0.700 bits per heavy atom. The maximum Gasteiger partial charge on any atom is 0.338 e.